The van der Waals surface area contributed by atoms with E-state index < -0.39 is 66.1 Å². The number of aliphatic hydroxyl groups is 1. The summed E-state index contributed by atoms with van der Waals surface area (Å²) in [5.74, 6) is -0.454. The Labute approximate surface area is 332 Å². The van der Waals surface area contributed by atoms with Crippen LogP contribution < -0.4 is 0 Å². The van der Waals surface area contributed by atoms with Crippen LogP contribution >= 0.6 is 0 Å². The molecule has 6 aliphatic carbocycles. The lowest BCUT2D eigenvalue weighted by atomic mass is 9.33. The lowest BCUT2D eigenvalue weighted by molar-refractivity contribution is -0.485. The summed E-state index contributed by atoms with van der Waals surface area (Å²) in [5.41, 5.74) is -2.47. The number of Topliss-reactive ketones (excluding diaryl/α,β-unsaturated/α-hetero) is 1. The smallest absolute Gasteiger partial charge is 0.303 e. The monoisotopic (exact) mass is 782 g/mol. The molecule has 7 rings (SSSR count). The molecule has 0 aromatic carbocycles. The summed E-state index contributed by atoms with van der Waals surface area (Å²) in [4.78, 5) is 63.1. The van der Waals surface area contributed by atoms with E-state index in [9.17, 15) is 29.1 Å². The lowest BCUT2D eigenvalue weighted by Gasteiger charge is -2.74. The van der Waals surface area contributed by atoms with Crippen LogP contribution in [0.3, 0.4) is 0 Å². The van der Waals surface area contributed by atoms with E-state index in [0.717, 1.165) is 51.4 Å². The Morgan fingerprint density at radius 2 is 1.50 bits per heavy atom. The zero-order chi connectivity index (χ0) is 41.2. The van der Waals surface area contributed by atoms with E-state index in [2.05, 4.69) is 54.5 Å². The maximum atomic E-state index is 13.3. The molecule has 0 aromatic rings. The molecular formula is C45H66O11. The molecule has 6 fully saturated rings. The molecule has 1 saturated heterocycles. The number of allylic oxidation sites excluding steroid dienone is 2. The Balaban J connectivity index is 1.25. The highest BCUT2D eigenvalue weighted by atomic mass is 16.7. The Hall–Kier alpha value is -2.79. The summed E-state index contributed by atoms with van der Waals surface area (Å²) < 4.78 is 29.3. The largest absolute Gasteiger partial charge is 0.462 e. The van der Waals surface area contributed by atoms with Gasteiger partial charge in [0.05, 0.1) is 6.10 Å². The van der Waals surface area contributed by atoms with Crippen LogP contribution in [0.2, 0.25) is 0 Å². The second-order valence-corrected chi connectivity index (χ2v) is 20.6. The standard InChI is InChI=1S/C45H66O11/c1-24-14-19-43(22-31(50)36-45(55-29(6)49)38(54-28(5)48)37(53-27(4)47)44(45,56-36)23-52-26(3)46)21-20-41(10)30(35(43)25(24)2)12-13-33-40(9)17-16-34(51)39(7,8)32(40)15-18-42(33,41)11/h12,24-25,31-33,35-38,50H,13-23H2,1-11H3/t24-,25+,31-,32?,33?,35?,36+,37+,38?,40+,41-,42-,43-,44?,45?/m1/s1. The van der Waals surface area contributed by atoms with E-state index in [0.29, 0.717) is 42.3 Å². The van der Waals surface area contributed by atoms with Crippen LogP contribution in [0, 0.1) is 56.7 Å². The molecule has 5 saturated carbocycles. The van der Waals surface area contributed by atoms with Crippen molar-refractivity contribution < 1.29 is 52.8 Å². The average Bonchev–Trinajstić information content (AvgIpc) is 3.09. The molecule has 6 unspecified atom stereocenters. The number of esters is 4. The number of hydrogen-bond acceptors (Lipinski definition) is 11. The molecule has 1 N–H and O–H groups in total. The van der Waals surface area contributed by atoms with Gasteiger partial charge in [-0.15, -0.1) is 0 Å². The first-order chi connectivity index (χ1) is 26.0. The van der Waals surface area contributed by atoms with Gasteiger partial charge in [0.25, 0.3) is 0 Å². The van der Waals surface area contributed by atoms with Crippen molar-refractivity contribution in [2.45, 2.75) is 176 Å². The fourth-order valence-corrected chi connectivity index (χ4v) is 14.9. The molecule has 0 amide bonds. The van der Waals surface area contributed by atoms with Gasteiger partial charge in [0.15, 0.2) is 17.8 Å². The van der Waals surface area contributed by atoms with E-state index in [-0.39, 0.29) is 33.0 Å². The SMILES string of the molecule is CC(=O)OCC12O[C@@H]([C@H](O)C[C@]34CC[C@@H](C)[C@H](C)C3C3=CCC5[C@@]6(C)CCC(=O)C(C)(C)C6CC[C@@]5(C)[C@]3(C)CC4)C1(OC(C)=O)C(OC(C)=O)[C@@H]2OC(C)=O. The fourth-order valence-electron chi connectivity index (χ4n) is 14.9. The summed E-state index contributed by atoms with van der Waals surface area (Å²) in [6.45, 7) is 21.1. The Kier molecular flexibility index (Phi) is 9.88. The predicted molar refractivity (Wildman–Crippen MR) is 204 cm³/mol. The van der Waals surface area contributed by atoms with E-state index in [1.165, 1.54) is 33.3 Å². The molecule has 11 heteroatoms. The van der Waals surface area contributed by atoms with E-state index >= 15 is 0 Å². The van der Waals surface area contributed by atoms with Gasteiger partial charge >= 0.3 is 23.9 Å². The maximum Gasteiger partial charge on any atom is 0.303 e. The molecule has 56 heavy (non-hydrogen) atoms. The van der Waals surface area contributed by atoms with E-state index in [4.69, 9.17) is 23.7 Å². The molecule has 0 radical (unpaired) electrons. The van der Waals surface area contributed by atoms with Crippen molar-refractivity contribution in [2.24, 2.45) is 56.7 Å². The van der Waals surface area contributed by atoms with Crippen LogP contribution in [0.4, 0.5) is 0 Å². The topological polar surface area (TPSA) is 152 Å². The van der Waals surface area contributed by atoms with Gasteiger partial charge in [-0.2, -0.15) is 0 Å². The zero-order valence-corrected chi connectivity index (χ0v) is 35.6. The number of ketones is 1. The van der Waals surface area contributed by atoms with Gasteiger partial charge in [0, 0.05) is 39.5 Å². The van der Waals surface area contributed by atoms with Crippen LogP contribution in [-0.4, -0.2) is 77.0 Å². The minimum Gasteiger partial charge on any atom is -0.462 e. The molecule has 11 nitrogen and oxygen atoms in total. The second kappa shape index (κ2) is 13.4. The molecular weight excluding hydrogens is 716 g/mol. The van der Waals surface area contributed by atoms with Crippen molar-refractivity contribution in [2.75, 3.05) is 6.61 Å². The minimum atomic E-state index is -1.77. The quantitative estimate of drug-likeness (QED) is 0.157. The van der Waals surface area contributed by atoms with Crippen molar-refractivity contribution in [1.82, 2.24) is 0 Å². The highest BCUT2D eigenvalue weighted by Gasteiger charge is 2.91. The molecule has 1 aliphatic heterocycles. The summed E-state index contributed by atoms with van der Waals surface area (Å²) in [6, 6.07) is 0. The van der Waals surface area contributed by atoms with Gasteiger partial charge in [0.2, 0.25) is 5.60 Å². The van der Waals surface area contributed by atoms with Crippen LogP contribution in [0.25, 0.3) is 0 Å². The summed E-state index contributed by atoms with van der Waals surface area (Å²) in [5, 5.41) is 12.5. The number of hydrogen-bond donors (Lipinski definition) is 1. The number of fused-ring (bicyclic) bond motifs is 8. The summed E-state index contributed by atoms with van der Waals surface area (Å²) in [7, 11) is 0. The summed E-state index contributed by atoms with van der Waals surface area (Å²) >= 11 is 0. The van der Waals surface area contributed by atoms with Crippen LogP contribution in [0.1, 0.15) is 140 Å². The first-order valence-electron chi connectivity index (χ1n) is 21.2. The Morgan fingerprint density at radius 3 is 2.12 bits per heavy atom. The van der Waals surface area contributed by atoms with E-state index in [1.54, 1.807) is 0 Å². The minimum absolute atomic E-state index is 0.0473. The first-order valence-corrected chi connectivity index (χ1v) is 21.2. The number of carbonyl (C=O) groups is 5. The molecule has 0 bridgehead atoms. The van der Waals surface area contributed by atoms with Crippen molar-refractivity contribution in [3.8, 4) is 0 Å². The number of carbonyl (C=O) groups excluding carboxylic acids is 5. The molecule has 312 valence electrons. The number of aliphatic hydroxyl groups excluding tert-OH is 1. The number of ether oxygens (including phenoxy) is 5. The van der Waals surface area contributed by atoms with Crippen molar-refractivity contribution in [3.05, 3.63) is 11.6 Å². The van der Waals surface area contributed by atoms with Crippen LogP contribution in [-0.2, 0) is 47.7 Å². The lowest BCUT2D eigenvalue weighted by Crippen LogP contribution is -2.98. The van der Waals surface area contributed by atoms with Gasteiger partial charge in [-0.05, 0) is 109 Å². The Morgan fingerprint density at radius 1 is 0.839 bits per heavy atom. The first kappa shape index (κ1) is 41.4. The normalized spacial score (nSPS) is 47.6. The average molecular weight is 783 g/mol. The zero-order valence-electron chi connectivity index (χ0n) is 35.6. The van der Waals surface area contributed by atoms with E-state index in [1.807, 2.05) is 0 Å². The number of rotatable bonds is 8. The van der Waals surface area contributed by atoms with Gasteiger partial charge in [-0.3, -0.25) is 24.0 Å². The van der Waals surface area contributed by atoms with Gasteiger partial charge in [0.1, 0.15) is 18.5 Å². The van der Waals surface area contributed by atoms with Gasteiger partial charge < -0.3 is 28.8 Å². The van der Waals surface area contributed by atoms with Crippen molar-refractivity contribution in [3.63, 3.8) is 0 Å². The third kappa shape index (κ3) is 5.43. The maximum absolute atomic E-state index is 13.3. The van der Waals surface area contributed by atoms with Gasteiger partial charge in [-0.25, -0.2) is 0 Å². The molecule has 0 spiro atoms. The molecule has 15 atom stereocenters. The third-order valence-corrected chi connectivity index (χ3v) is 17.8. The van der Waals surface area contributed by atoms with Crippen molar-refractivity contribution >= 4 is 29.7 Å². The Bertz CT molecular complexity index is 1720. The highest BCUT2D eigenvalue weighted by molar-refractivity contribution is 5.85. The van der Waals surface area contributed by atoms with Crippen molar-refractivity contribution in [1.29, 1.82) is 0 Å². The third-order valence-electron chi connectivity index (χ3n) is 17.8. The van der Waals surface area contributed by atoms with Gasteiger partial charge in [-0.1, -0.05) is 60.1 Å². The molecule has 7 aliphatic rings. The summed E-state index contributed by atoms with van der Waals surface area (Å²) in [6.07, 6.45) is 6.63. The van der Waals surface area contributed by atoms with Crippen LogP contribution in [0.15, 0.2) is 11.6 Å². The molecule has 0 aromatic heterocycles. The predicted octanol–water partition coefficient (Wildman–Crippen LogP) is 6.84. The highest BCUT2D eigenvalue weighted by Crippen LogP contribution is 2.76. The second-order valence-electron chi connectivity index (χ2n) is 20.6. The molecule has 1 heterocycles. The van der Waals surface area contributed by atoms with Crippen LogP contribution in [0.5, 0.6) is 0 Å². The fraction of sp³-hybridized carbons (Fsp3) is 0.844.